The van der Waals surface area contributed by atoms with Crippen LogP contribution in [0.1, 0.15) is 33.2 Å². The minimum absolute atomic E-state index is 0.328. The van der Waals surface area contributed by atoms with Gasteiger partial charge in [-0.1, -0.05) is 32.0 Å². The Morgan fingerprint density at radius 1 is 1.00 bits per heavy atom. The van der Waals surface area contributed by atoms with Crippen molar-refractivity contribution < 1.29 is 9.13 Å². The monoisotopic (exact) mass is 474 g/mol. The summed E-state index contributed by atoms with van der Waals surface area (Å²) in [5.41, 5.74) is 8.32. The highest BCUT2D eigenvalue weighted by Crippen LogP contribution is 2.36. The standard InChI is InChI=1S/C27H31FN6O/c1-17(2)18(3)33-14-13-23(22(28)15-33)34-27-24(26(29)30-16-31-27)25(32-34)19-9-11-21(12-10-19)35-20-7-5-4-6-8-20/h4-12,16-18,22-23H,13-15H2,1-3H3,(H2,29,30,31). The number of rotatable bonds is 6. The Balaban J connectivity index is 1.46. The van der Waals surface area contributed by atoms with Crippen LogP contribution in [0.25, 0.3) is 22.3 Å². The largest absolute Gasteiger partial charge is 0.457 e. The van der Waals surface area contributed by atoms with E-state index in [-0.39, 0.29) is 0 Å². The lowest BCUT2D eigenvalue weighted by atomic mass is 9.97. The fourth-order valence-electron chi connectivity index (χ4n) is 4.72. The van der Waals surface area contributed by atoms with Crippen LogP contribution in [0.2, 0.25) is 0 Å². The first kappa shape index (κ1) is 23.2. The Morgan fingerprint density at radius 2 is 1.71 bits per heavy atom. The number of piperidine rings is 1. The van der Waals surface area contributed by atoms with Crippen molar-refractivity contribution in [2.75, 3.05) is 18.8 Å². The van der Waals surface area contributed by atoms with Gasteiger partial charge < -0.3 is 10.5 Å². The van der Waals surface area contributed by atoms with Crippen molar-refractivity contribution in [1.82, 2.24) is 24.6 Å². The SMILES string of the molecule is CC(C)C(C)N1CCC(n2nc(-c3ccc(Oc4ccccc4)cc3)c3c(N)ncnc32)C(F)C1. The molecule has 0 spiro atoms. The van der Waals surface area contributed by atoms with Crippen molar-refractivity contribution in [1.29, 1.82) is 0 Å². The lowest BCUT2D eigenvalue weighted by molar-refractivity contribution is 0.0485. The molecule has 1 aliphatic heterocycles. The number of nitrogens with zero attached hydrogens (tertiary/aromatic N) is 5. The predicted molar refractivity (Wildman–Crippen MR) is 136 cm³/mol. The number of hydrogen-bond acceptors (Lipinski definition) is 6. The quantitative estimate of drug-likeness (QED) is 0.398. The predicted octanol–water partition coefficient (Wildman–Crippen LogP) is 5.50. The summed E-state index contributed by atoms with van der Waals surface area (Å²) < 4.78 is 23.1. The van der Waals surface area contributed by atoms with Crippen molar-refractivity contribution >= 4 is 16.9 Å². The molecule has 182 valence electrons. The first-order valence-electron chi connectivity index (χ1n) is 12.1. The molecular weight excluding hydrogens is 443 g/mol. The summed E-state index contributed by atoms with van der Waals surface area (Å²) in [6, 6.07) is 17.2. The highest BCUT2D eigenvalue weighted by atomic mass is 19.1. The summed E-state index contributed by atoms with van der Waals surface area (Å²) in [7, 11) is 0. The smallest absolute Gasteiger partial charge is 0.164 e. The van der Waals surface area contributed by atoms with Crippen molar-refractivity contribution in [3.8, 4) is 22.8 Å². The third kappa shape index (κ3) is 4.58. The Morgan fingerprint density at radius 3 is 2.40 bits per heavy atom. The second-order valence-corrected chi connectivity index (χ2v) is 9.54. The molecule has 0 aliphatic carbocycles. The summed E-state index contributed by atoms with van der Waals surface area (Å²) in [5.74, 6) is 2.28. The third-order valence-corrected chi connectivity index (χ3v) is 7.02. The zero-order valence-corrected chi connectivity index (χ0v) is 20.3. The Kier molecular flexibility index (Phi) is 6.38. The molecule has 2 aromatic heterocycles. The molecule has 2 aromatic carbocycles. The van der Waals surface area contributed by atoms with Gasteiger partial charge in [0.1, 0.15) is 35.5 Å². The first-order chi connectivity index (χ1) is 16.9. The van der Waals surface area contributed by atoms with E-state index in [4.69, 9.17) is 15.6 Å². The summed E-state index contributed by atoms with van der Waals surface area (Å²) in [6.45, 7) is 7.71. The number of likely N-dealkylation sites (tertiary alicyclic amines) is 1. The van der Waals surface area contributed by atoms with E-state index in [1.807, 2.05) is 54.6 Å². The summed E-state index contributed by atoms with van der Waals surface area (Å²) >= 11 is 0. The van der Waals surface area contributed by atoms with Crippen LogP contribution in [0.15, 0.2) is 60.9 Å². The van der Waals surface area contributed by atoms with Crippen LogP contribution in [-0.4, -0.2) is 50.0 Å². The maximum atomic E-state index is 15.5. The van der Waals surface area contributed by atoms with Crippen molar-refractivity contribution in [3.63, 3.8) is 0 Å². The molecule has 3 heterocycles. The highest BCUT2D eigenvalue weighted by Gasteiger charge is 2.35. The normalized spacial score (nSPS) is 19.8. The topological polar surface area (TPSA) is 82.1 Å². The van der Waals surface area contributed by atoms with Crippen LogP contribution in [0.3, 0.4) is 0 Å². The van der Waals surface area contributed by atoms with Crippen LogP contribution in [0.4, 0.5) is 10.2 Å². The van der Waals surface area contributed by atoms with Crippen LogP contribution >= 0.6 is 0 Å². The van der Waals surface area contributed by atoms with Gasteiger partial charge in [-0.3, -0.25) is 4.90 Å². The average Bonchev–Trinajstić information content (AvgIpc) is 3.25. The van der Waals surface area contributed by atoms with Crippen LogP contribution < -0.4 is 10.5 Å². The molecule has 3 unspecified atom stereocenters. The number of fused-ring (bicyclic) bond motifs is 1. The van der Waals surface area contributed by atoms with Crippen molar-refractivity contribution in [3.05, 3.63) is 60.9 Å². The van der Waals surface area contributed by atoms with E-state index in [1.165, 1.54) is 6.33 Å². The molecule has 0 radical (unpaired) electrons. The fourth-order valence-corrected chi connectivity index (χ4v) is 4.72. The lowest BCUT2D eigenvalue weighted by Gasteiger charge is -2.39. The Hall–Kier alpha value is -3.52. The van der Waals surface area contributed by atoms with Gasteiger partial charge in [0.15, 0.2) is 5.65 Å². The molecule has 1 saturated heterocycles. The number of ether oxygens (including phenoxy) is 1. The van der Waals surface area contributed by atoms with Gasteiger partial charge in [-0.15, -0.1) is 0 Å². The number of hydrogen-bond donors (Lipinski definition) is 1. The molecule has 2 N–H and O–H groups in total. The fraction of sp³-hybridized carbons (Fsp3) is 0.370. The second kappa shape index (κ2) is 9.62. The van der Waals surface area contributed by atoms with Crippen LogP contribution in [0.5, 0.6) is 11.5 Å². The molecule has 35 heavy (non-hydrogen) atoms. The first-order valence-corrected chi connectivity index (χ1v) is 12.1. The number of halogens is 1. The van der Waals surface area contributed by atoms with Gasteiger partial charge in [-0.25, -0.2) is 19.0 Å². The number of anilines is 1. The van der Waals surface area contributed by atoms with E-state index in [9.17, 15) is 0 Å². The molecule has 0 bridgehead atoms. The van der Waals surface area contributed by atoms with Gasteiger partial charge in [0.2, 0.25) is 0 Å². The summed E-state index contributed by atoms with van der Waals surface area (Å²) in [6.07, 6.45) is 1.01. The number of benzene rings is 2. The number of para-hydroxylation sites is 1. The third-order valence-electron chi connectivity index (χ3n) is 7.02. The molecule has 8 heteroatoms. The number of aromatic nitrogens is 4. The van der Waals surface area contributed by atoms with E-state index in [0.29, 0.717) is 53.2 Å². The van der Waals surface area contributed by atoms with E-state index in [1.54, 1.807) is 4.68 Å². The van der Waals surface area contributed by atoms with E-state index in [0.717, 1.165) is 17.9 Å². The molecule has 5 rings (SSSR count). The molecule has 4 aromatic rings. The summed E-state index contributed by atoms with van der Waals surface area (Å²) in [4.78, 5) is 10.9. The van der Waals surface area contributed by atoms with E-state index < -0.39 is 12.2 Å². The van der Waals surface area contributed by atoms with Gasteiger partial charge in [0, 0.05) is 24.7 Å². The van der Waals surface area contributed by atoms with Gasteiger partial charge >= 0.3 is 0 Å². The lowest BCUT2D eigenvalue weighted by Crippen LogP contribution is -2.48. The Labute approximate surface area is 204 Å². The van der Waals surface area contributed by atoms with Gasteiger partial charge in [0.05, 0.1) is 11.4 Å². The van der Waals surface area contributed by atoms with E-state index in [2.05, 4.69) is 35.6 Å². The van der Waals surface area contributed by atoms with E-state index >= 15 is 4.39 Å². The minimum Gasteiger partial charge on any atom is -0.457 e. The zero-order chi connectivity index (χ0) is 24.5. The van der Waals surface area contributed by atoms with Crippen molar-refractivity contribution in [2.45, 2.75) is 45.4 Å². The van der Waals surface area contributed by atoms with Crippen molar-refractivity contribution in [2.24, 2.45) is 5.92 Å². The summed E-state index contributed by atoms with van der Waals surface area (Å²) in [5, 5.41) is 5.50. The maximum Gasteiger partial charge on any atom is 0.164 e. The van der Waals surface area contributed by atoms with Crippen LogP contribution in [-0.2, 0) is 0 Å². The molecule has 1 aliphatic rings. The van der Waals surface area contributed by atoms with Crippen LogP contribution in [0, 0.1) is 5.92 Å². The minimum atomic E-state index is -1.06. The van der Waals surface area contributed by atoms with Gasteiger partial charge in [0.25, 0.3) is 0 Å². The maximum absolute atomic E-state index is 15.5. The zero-order valence-electron chi connectivity index (χ0n) is 20.3. The second-order valence-electron chi connectivity index (χ2n) is 9.54. The number of nitrogen functional groups attached to an aromatic ring is 1. The number of nitrogens with two attached hydrogens (primary N) is 1. The molecule has 0 saturated carbocycles. The Bertz CT molecular complexity index is 1290. The van der Waals surface area contributed by atoms with Gasteiger partial charge in [-0.2, -0.15) is 5.10 Å². The molecule has 3 atom stereocenters. The highest BCUT2D eigenvalue weighted by molar-refractivity contribution is 5.98. The molecule has 0 amide bonds. The molecular formula is C27H31FN6O. The molecule has 1 fully saturated rings. The van der Waals surface area contributed by atoms with Gasteiger partial charge in [-0.05, 0) is 55.7 Å². The average molecular weight is 475 g/mol. The number of alkyl halides is 1. The molecule has 7 nitrogen and oxygen atoms in total.